The van der Waals surface area contributed by atoms with E-state index in [4.69, 9.17) is 0 Å². The molecule has 1 unspecified atom stereocenters. The van der Waals surface area contributed by atoms with Gasteiger partial charge in [0.15, 0.2) is 0 Å². The van der Waals surface area contributed by atoms with Crippen LogP contribution in [0.25, 0.3) is 0 Å². The lowest BCUT2D eigenvalue weighted by Crippen LogP contribution is -2.39. The molecule has 2 rings (SSSR count). The van der Waals surface area contributed by atoms with E-state index >= 15 is 0 Å². The predicted octanol–water partition coefficient (Wildman–Crippen LogP) is 1.45. The summed E-state index contributed by atoms with van der Waals surface area (Å²) in [7, 11) is 1.90. The van der Waals surface area contributed by atoms with Crippen molar-refractivity contribution in [2.24, 2.45) is 0 Å². The van der Waals surface area contributed by atoms with Crippen molar-refractivity contribution in [3.8, 4) is 0 Å². The van der Waals surface area contributed by atoms with E-state index in [2.05, 4.69) is 10.6 Å². The van der Waals surface area contributed by atoms with E-state index in [1.165, 1.54) is 12.5 Å². The fourth-order valence-corrected chi connectivity index (χ4v) is 2.35. The van der Waals surface area contributed by atoms with Crippen molar-refractivity contribution in [1.29, 1.82) is 0 Å². The lowest BCUT2D eigenvalue weighted by molar-refractivity contribution is -0.117. The normalized spacial score (nSPS) is 18.8. The van der Waals surface area contributed by atoms with Crippen molar-refractivity contribution in [2.75, 3.05) is 32.0 Å². The number of nitrogens with zero attached hydrogens (tertiary/aromatic N) is 1. The van der Waals surface area contributed by atoms with E-state index in [0.717, 1.165) is 19.5 Å². The molecular weight excluding hydrogens is 245 g/mol. The first-order valence-corrected chi connectivity index (χ1v) is 6.61. The van der Waals surface area contributed by atoms with Gasteiger partial charge in [-0.25, -0.2) is 4.39 Å². The van der Waals surface area contributed by atoms with Crippen molar-refractivity contribution < 1.29 is 9.18 Å². The highest BCUT2D eigenvalue weighted by molar-refractivity contribution is 5.92. The summed E-state index contributed by atoms with van der Waals surface area (Å²) < 4.78 is 13.4. The number of halogens is 1. The predicted molar refractivity (Wildman–Crippen MR) is 73.6 cm³/mol. The van der Waals surface area contributed by atoms with E-state index in [0.29, 0.717) is 6.04 Å². The van der Waals surface area contributed by atoms with Gasteiger partial charge in [0.25, 0.3) is 0 Å². The molecule has 1 aromatic carbocycles. The minimum Gasteiger partial charge on any atom is -0.322 e. The zero-order valence-corrected chi connectivity index (χ0v) is 11.2. The Kier molecular flexibility index (Phi) is 4.87. The summed E-state index contributed by atoms with van der Waals surface area (Å²) in [6.45, 7) is 2.16. The quantitative estimate of drug-likeness (QED) is 0.847. The molecule has 1 heterocycles. The fraction of sp³-hybridized carbons (Fsp3) is 0.500. The summed E-state index contributed by atoms with van der Waals surface area (Å²) in [4.78, 5) is 13.8. The third-order valence-corrected chi connectivity index (χ3v) is 3.26. The molecule has 0 aliphatic carbocycles. The molecule has 1 aliphatic heterocycles. The van der Waals surface area contributed by atoms with E-state index < -0.39 is 5.82 Å². The Morgan fingerprint density at radius 1 is 1.53 bits per heavy atom. The number of para-hydroxylation sites is 1. The van der Waals surface area contributed by atoms with Gasteiger partial charge >= 0.3 is 0 Å². The van der Waals surface area contributed by atoms with Crippen LogP contribution < -0.4 is 10.6 Å². The highest BCUT2D eigenvalue weighted by Crippen LogP contribution is 2.12. The Labute approximate surface area is 113 Å². The number of likely N-dealkylation sites (N-methyl/N-ethyl adjacent to an activating group) is 1. The first kappa shape index (κ1) is 14.0. The maximum atomic E-state index is 13.4. The van der Waals surface area contributed by atoms with Gasteiger partial charge in [0.1, 0.15) is 5.82 Å². The number of carbonyl (C=O) groups is 1. The van der Waals surface area contributed by atoms with Gasteiger partial charge in [-0.2, -0.15) is 0 Å². The fourth-order valence-electron chi connectivity index (χ4n) is 2.35. The molecule has 1 aromatic rings. The average molecular weight is 265 g/mol. The molecule has 2 N–H and O–H groups in total. The number of rotatable bonds is 5. The van der Waals surface area contributed by atoms with Crippen molar-refractivity contribution in [3.05, 3.63) is 30.1 Å². The maximum Gasteiger partial charge on any atom is 0.238 e. The summed E-state index contributed by atoms with van der Waals surface area (Å²) >= 11 is 0. The molecule has 0 radical (unpaired) electrons. The summed E-state index contributed by atoms with van der Waals surface area (Å²) in [5, 5.41) is 5.98. The lowest BCUT2D eigenvalue weighted by Gasteiger charge is -2.20. The first-order valence-electron chi connectivity index (χ1n) is 6.61. The molecule has 1 saturated heterocycles. The molecule has 5 heteroatoms. The van der Waals surface area contributed by atoms with Gasteiger partial charge in [0.05, 0.1) is 12.2 Å². The SMILES string of the molecule is CN(CC(=O)Nc1ccccc1F)CC1CCCN1. The van der Waals surface area contributed by atoms with Crippen LogP contribution >= 0.6 is 0 Å². The number of carbonyl (C=O) groups excluding carboxylic acids is 1. The minimum absolute atomic E-state index is 0.189. The van der Waals surface area contributed by atoms with Gasteiger partial charge in [0.2, 0.25) is 5.91 Å². The summed E-state index contributed by atoms with van der Waals surface area (Å²) in [6.07, 6.45) is 2.35. The topological polar surface area (TPSA) is 44.4 Å². The first-order chi connectivity index (χ1) is 9.15. The van der Waals surface area contributed by atoms with Crippen molar-refractivity contribution in [1.82, 2.24) is 10.2 Å². The summed E-state index contributed by atoms with van der Waals surface area (Å²) in [5.74, 6) is -0.596. The average Bonchev–Trinajstić information content (AvgIpc) is 2.84. The van der Waals surface area contributed by atoms with Crippen LogP contribution in [0.4, 0.5) is 10.1 Å². The van der Waals surface area contributed by atoms with Crippen LogP contribution in [0.3, 0.4) is 0 Å². The number of hydrogen-bond acceptors (Lipinski definition) is 3. The molecule has 0 aromatic heterocycles. The number of hydrogen-bond donors (Lipinski definition) is 2. The number of anilines is 1. The molecule has 19 heavy (non-hydrogen) atoms. The van der Waals surface area contributed by atoms with Gasteiger partial charge in [-0.05, 0) is 38.6 Å². The third kappa shape index (κ3) is 4.29. The summed E-state index contributed by atoms with van der Waals surface area (Å²) in [5.41, 5.74) is 0.236. The van der Waals surface area contributed by atoms with Gasteiger partial charge in [-0.15, -0.1) is 0 Å². The lowest BCUT2D eigenvalue weighted by atomic mass is 10.2. The van der Waals surface area contributed by atoms with E-state index in [9.17, 15) is 9.18 Å². The molecule has 1 fully saturated rings. The molecular formula is C14H20FN3O. The van der Waals surface area contributed by atoms with E-state index in [1.54, 1.807) is 18.2 Å². The highest BCUT2D eigenvalue weighted by atomic mass is 19.1. The van der Waals surface area contributed by atoms with Crippen LogP contribution in [-0.4, -0.2) is 43.5 Å². The largest absolute Gasteiger partial charge is 0.322 e. The van der Waals surface area contributed by atoms with E-state index in [1.807, 2.05) is 11.9 Å². The van der Waals surface area contributed by atoms with Crippen LogP contribution in [0.1, 0.15) is 12.8 Å². The summed E-state index contributed by atoms with van der Waals surface area (Å²) in [6, 6.07) is 6.66. The Balaban J connectivity index is 1.79. The van der Waals surface area contributed by atoms with Crippen molar-refractivity contribution in [3.63, 3.8) is 0 Å². The number of nitrogens with one attached hydrogen (secondary N) is 2. The molecule has 0 saturated carbocycles. The Morgan fingerprint density at radius 2 is 2.32 bits per heavy atom. The van der Waals surface area contributed by atoms with Crippen LogP contribution in [0.2, 0.25) is 0 Å². The molecule has 1 aliphatic rings. The van der Waals surface area contributed by atoms with Crippen LogP contribution in [0, 0.1) is 5.82 Å². The van der Waals surface area contributed by atoms with Crippen LogP contribution in [0.5, 0.6) is 0 Å². The second-order valence-corrected chi connectivity index (χ2v) is 5.02. The third-order valence-electron chi connectivity index (χ3n) is 3.26. The molecule has 4 nitrogen and oxygen atoms in total. The highest BCUT2D eigenvalue weighted by Gasteiger charge is 2.17. The smallest absolute Gasteiger partial charge is 0.238 e. The van der Waals surface area contributed by atoms with Gasteiger partial charge in [-0.3, -0.25) is 9.69 Å². The molecule has 0 bridgehead atoms. The van der Waals surface area contributed by atoms with Gasteiger partial charge in [0, 0.05) is 12.6 Å². The zero-order chi connectivity index (χ0) is 13.7. The van der Waals surface area contributed by atoms with Crippen molar-refractivity contribution in [2.45, 2.75) is 18.9 Å². The van der Waals surface area contributed by atoms with E-state index in [-0.39, 0.29) is 18.1 Å². The van der Waals surface area contributed by atoms with Gasteiger partial charge < -0.3 is 10.6 Å². The van der Waals surface area contributed by atoms with Crippen LogP contribution in [-0.2, 0) is 4.79 Å². The van der Waals surface area contributed by atoms with Crippen LogP contribution in [0.15, 0.2) is 24.3 Å². The van der Waals surface area contributed by atoms with Gasteiger partial charge in [-0.1, -0.05) is 12.1 Å². The van der Waals surface area contributed by atoms with Crippen molar-refractivity contribution >= 4 is 11.6 Å². The molecule has 1 atom stereocenters. The number of benzene rings is 1. The standard InChI is InChI=1S/C14H20FN3O/c1-18(9-11-5-4-8-16-11)10-14(19)17-13-7-3-2-6-12(13)15/h2-3,6-7,11,16H,4-5,8-10H2,1H3,(H,17,19). The second-order valence-electron chi connectivity index (χ2n) is 5.02. The molecule has 1 amide bonds. The Bertz CT molecular complexity index is 432. The minimum atomic E-state index is -0.407. The Morgan fingerprint density at radius 3 is 3.00 bits per heavy atom. The molecule has 104 valence electrons. The Hall–Kier alpha value is -1.46. The maximum absolute atomic E-state index is 13.4. The molecule has 0 spiro atoms. The second kappa shape index (κ2) is 6.63. The monoisotopic (exact) mass is 265 g/mol. The number of amides is 1. The zero-order valence-electron chi connectivity index (χ0n) is 11.2.